The summed E-state index contributed by atoms with van der Waals surface area (Å²) in [7, 11) is 0. The zero-order chi connectivity index (χ0) is 12.3. The van der Waals surface area contributed by atoms with E-state index in [1.807, 2.05) is 0 Å². The predicted octanol–water partition coefficient (Wildman–Crippen LogP) is 1.91. The maximum absolute atomic E-state index is 10.3. The van der Waals surface area contributed by atoms with E-state index in [2.05, 4.69) is 14.7 Å². The Hall–Kier alpha value is -2.63. The fourth-order valence-electron chi connectivity index (χ4n) is 1.27. The first-order valence-corrected chi connectivity index (χ1v) is 4.68. The zero-order valence-electron chi connectivity index (χ0n) is 8.57. The van der Waals surface area contributed by atoms with Gasteiger partial charge in [-0.05, 0) is 12.1 Å². The molecule has 0 unspecified atom stereocenters. The summed E-state index contributed by atoms with van der Waals surface area (Å²) in [5, 5.41) is 18.0. The van der Waals surface area contributed by atoms with Gasteiger partial charge in [0, 0.05) is 0 Å². The van der Waals surface area contributed by atoms with Crippen molar-refractivity contribution < 1.29 is 19.7 Å². The number of rotatable bonds is 2. The highest BCUT2D eigenvalue weighted by molar-refractivity contribution is 5.64. The van der Waals surface area contributed by atoms with Gasteiger partial charge in [-0.25, -0.2) is 14.8 Å². The Morgan fingerprint density at radius 2 is 1.82 bits per heavy atom. The second-order valence-corrected chi connectivity index (χ2v) is 3.13. The number of nitrogens with zero attached hydrogens (tertiary/aromatic N) is 2. The molecule has 0 aliphatic rings. The number of ether oxygens (including phenoxy) is 1. The number of aromatic hydroxyl groups is 1. The molecule has 1 heterocycles. The minimum Gasteiger partial charge on any atom is -0.507 e. The third-order valence-electron chi connectivity index (χ3n) is 1.98. The molecule has 0 radical (unpaired) electrons. The Labute approximate surface area is 96.2 Å². The minimum absolute atomic E-state index is 0.0247. The summed E-state index contributed by atoms with van der Waals surface area (Å²) in [5.41, 5.74) is 0.467. The van der Waals surface area contributed by atoms with Crippen LogP contribution in [0.25, 0.3) is 11.4 Å². The third-order valence-corrected chi connectivity index (χ3v) is 1.98. The number of aromatic nitrogens is 2. The lowest BCUT2D eigenvalue weighted by atomic mass is 10.2. The maximum Gasteiger partial charge on any atom is 0.511 e. The number of hydrogen-bond acceptors (Lipinski definition) is 5. The molecule has 0 bridgehead atoms. The molecule has 0 aliphatic carbocycles. The molecule has 2 aromatic rings. The SMILES string of the molecule is O=C(O)Oc1cnc(-c2ccccc2O)nc1. The van der Waals surface area contributed by atoms with E-state index in [1.165, 1.54) is 18.5 Å². The lowest BCUT2D eigenvalue weighted by molar-refractivity contribution is 0.144. The molecule has 1 aromatic heterocycles. The number of hydrogen-bond donors (Lipinski definition) is 2. The number of phenolic OH excluding ortho intramolecular Hbond substituents is 1. The predicted molar refractivity (Wildman–Crippen MR) is 57.8 cm³/mol. The van der Waals surface area contributed by atoms with Gasteiger partial charge >= 0.3 is 6.16 Å². The van der Waals surface area contributed by atoms with Gasteiger partial charge in [-0.1, -0.05) is 12.1 Å². The van der Waals surface area contributed by atoms with Crippen molar-refractivity contribution in [3.8, 4) is 22.9 Å². The number of carbonyl (C=O) groups is 1. The summed E-state index contributed by atoms with van der Waals surface area (Å²) in [6, 6.07) is 6.59. The van der Waals surface area contributed by atoms with E-state index in [0.717, 1.165) is 0 Å². The van der Waals surface area contributed by atoms with Crippen LogP contribution in [-0.2, 0) is 0 Å². The van der Waals surface area contributed by atoms with E-state index in [-0.39, 0.29) is 11.5 Å². The van der Waals surface area contributed by atoms with Crippen LogP contribution < -0.4 is 4.74 Å². The molecule has 0 amide bonds. The summed E-state index contributed by atoms with van der Waals surface area (Å²) in [5.74, 6) is 0.372. The van der Waals surface area contributed by atoms with Gasteiger partial charge in [0.15, 0.2) is 11.6 Å². The molecule has 17 heavy (non-hydrogen) atoms. The first kappa shape index (κ1) is 10.9. The van der Waals surface area contributed by atoms with Gasteiger partial charge in [-0.3, -0.25) is 0 Å². The summed E-state index contributed by atoms with van der Waals surface area (Å²) >= 11 is 0. The molecule has 0 spiro atoms. The topological polar surface area (TPSA) is 92.5 Å². The normalized spacial score (nSPS) is 9.88. The van der Waals surface area contributed by atoms with E-state index in [4.69, 9.17) is 5.11 Å². The lowest BCUT2D eigenvalue weighted by Crippen LogP contribution is -2.03. The molecule has 2 N–H and O–H groups in total. The summed E-state index contributed by atoms with van der Waals surface area (Å²) in [6.45, 7) is 0. The fourth-order valence-corrected chi connectivity index (χ4v) is 1.27. The van der Waals surface area contributed by atoms with Gasteiger partial charge in [0.25, 0.3) is 0 Å². The molecule has 0 fully saturated rings. The second-order valence-electron chi connectivity index (χ2n) is 3.13. The van der Waals surface area contributed by atoms with Gasteiger partial charge in [0.1, 0.15) is 5.75 Å². The molecule has 1 aromatic carbocycles. The number of carboxylic acid groups (broad SMARTS) is 1. The van der Waals surface area contributed by atoms with Gasteiger partial charge < -0.3 is 14.9 Å². The third kappa shape index (κ3) is 2.49. The number of para-hydroxylation sites is 1. The number of phenols is 1. The quantitative estimate of drug-likeness (QED) is 0.768. The van der Waals surface area contributed by atoms with Crippen molar-refractivity contribution in [3.05, 3.63) is 36.7 Å². The Morgan fingerprint density at radius 3 is 2.41 bits per heavy atom. The van der Waals surface area contributed by atoms with Crippen molar-refractivity contribution in [3.63, 3.8) is 0 Å². The highest BCUT2D eigenvalue weighted by atomic mass is 16.7. The Balaban J connectivity index is 2.30. The van der Waals surface area contributed by atoms with E-state index in [9.17, 15) is 9.90 Å². The summed E-state index contributed by atoms with van der Waals surface area (Å²) in [6.07, 6.45) is 1.02. The molecular formula is C11H8N2O4. The molecule has 0 aliphatic heterocycles. The van der Waals surface area contributed by atoms with Crippen molar-refractivity contribution in [1.82, 2.24) is 9.97 Å². The monoisotopic (exact) mass is 232 g/mol. The van der Waals surface area contributed by atoms with E-state index in [1.54, 1.807) is 18.2 Å². The average molecular weight is 232 g/mol. The van der Waals surface area contributed by atoms with Gasteiger partial charge in [-0.15, -0.1) is 0 Å². The van der Waals surface area contributed by atoms with Crippen molar-refractivity contribution >= 4 is 6.16 Å². The summed E-state index contributed by atoms with van der Waals surface area (Å²) in [4.78, 5) is 18.1. The molecule has 6 heteroatoms. The minimum atomic E-state index is -1.43. The molecule has 0 saturated heterocycles. The lowest BCUT2D eigenvalue weighted by Gasteiger charge is -2.03. The van der Waals surface area contributed by atoms with Crippen LogP contribution in [0.4, 0.5) is 4.79 Å². The average Bonchev–Trinajstić information content (AvgIpc) is 2.30. The van der Waals surface area contributed by atoms with Gasteiger partial charge in [0.2, 0.25) is 0 Å². The Bertz CT molecular complexity index is 539. The van der Waals surface area contributed by atoms with Crippen LogP contribution in [0.5, 0.6) is 11.5 Å². The molecule has 0 atom stereocenters. The first-order chi connectivity index (χ1) is 8.16. The van der Waals surface area contributed by atoms with Crippen molar-refractivity contribution in [2.75, 3.05) is 0 Å². The fraction of sp³-hybridized carbons (Fsp3) is 0. The van der Waals surface area contributed by atoms with Gasteiger partial charge in [-0.2, -0.15) is 0 Å². The largest absolute Gasteiger partial charge is 0.511 e. The molecule has 86 valence electrons. The van der Waals surface area contributed by atoms with Crippen LogP contribution in [0.3, 0.4) is 0 Å². The van der Waals surface area contributed by atoms with Crippen molar-refractivity contribution in [2.45, 2.75) is 0 Å². The molecule has 2 rings (SSSR count). The maximum atomic E-state index is 10.3. The Morgan fingerprint density at radius 1 is 1.18 bits per heavy atom. The standard InChI is InChI=1S/C11H8N2O4/c14-9-4-2-1-3-8(9)10-12-5-7(6-13-10)17-11(15)16/h1-6,14H,(H,15,16). The van der Waals surface area contributed by atoms with Crippen molar-refractivity contribution in [2.24, 2.45) is 0 Å². The van der Waals surface area contributed by atoms with Crippen molar-refractivity contribution in [1.29, 1.82) is 0 Å². The summed E-state index contributed by atoms with van der Waals surface area (Å²) < 4.78 is 4.36. The molecule has 0 saturated carbocycles. The van der Waals surface area contributed by atoms with Crippen LogP contribution in [-0.4, -0.2) is 26.3 Å². The van der Waals surface area contributed by atoms with Crippen LogP contribution in [0, 0.1) is 0 Å². The smallest absolute Gasteiger partial charge is 0.507 e. The van der Waals surface area contributed by atoms with Gasteiger partial charge in [0.05, 0.1) is 18.0 Å². The van der Waals surface area contributed by atoms with Crippen LogP contribution >= 0.6 is 0 Å². The van der Waals surface area contributed by atoms with Crippen LogP contribution in [0.2, 0.25) is 0 Å². The first-order valence-electron chi connectivity index (χ1n) is 4.68. The second kappa shape index (κ2) is 4.48. The number of benzene rings is 1. The highest BCUT2D eigenvalue weighted by Gasteiger charge is 2.07. The van der Waals surface area contributed by atoms with E-state index < -0.39 is 6.16 Å². The van der Waals surface area contributed by atoms with E-state index in [0.29, 0.717) is 11.4 Å². The van der Waals surface area contributed by atoms with Crippen LogP contribution in [0.15, 0.2) is 36.7 Å². The van der Waals surface area contributed by atoms with E-state index >= 15 is 0 Å². The van der Waals surface area contributed by atoms with Crippen LogP contribution in [0.1, 0.15) is 0 Å². The highest BCUT2D eigenvalue weighted by Crippen LogP contribution is 2.25. The zero-order valence-corrected chi connectivity index (χ0v) is 8.57. The Kier molecular flexibility index (Phi) is 2.87. The molecule has 6 nitrogen and oxygen atoms in total. The molecular weight excluding hydrogens is 224 g/mol.